The summed E-state index contributed by atoms with van der Waals surface area (Å²) in [6, 6.07) is 21.4. The van der Waals surface area contributed by atoms with Crippen LogP contribution in [0.4, 0.5) is 9.52 Å². The van der Waals surface area contributed by atoms with Crippen molar-refractivity contribution >= 4 is 45.0 Å². The fraction of sp³-hybridized carbons (Fsp3) is 0.231. The lowest BCUT2D eigenvalue weighted by Gasteiger charge is -2.29. The van der Waals surface area contributed by atoms with E-state index in [4.69, 9.17) is 9.47 Å². The number of rotatable bonds is 7. The van der Waals surface area contributed by atoms with Gasteiger partial charge in [-0.05, 0) is 48.5 Å². The first kappa shape index (κ1) is 25.1. The van der Waals surface area contributed by atoms with Crippen LogP contribution in [0.2, 0.25) is 0 Å². The third-order valence-corrected chi connectivity index (χ3v) is 6.70. The molecule has 1 aliphatic heterocycles. The monoisotopic (exact) mass is 513 g/mol. The van der Waals surface area contributed by atoms with E-state index in [9.17, 15) is 9.18 Å². The molecule has 0 saturated carbocycles. The smallest absolute Gasteiger partial charge is 0.260 e. The van der Waals surface area contributed by atoms with Crippen molar-refractivity contribution in [3.05, 3.63) is 84.2 Å². The topological polar surface area (TPSA) is 54.9 Å². The average molecular weight is 514 g/mol. The van der Waals surface area contributed by atoms with Gasteiger partial charge in [-0.25, -0.2) is 9.37 Å². The number of thiazole rings is 1. The molecule has 182 valence electrons. The Morgan fingerprint density at radius 2 is 1.71 bits per heavy atom. The molecule has 0 N–H and O–H groups in total. The summed E-state index contributed by atoms with van der Waals surface area (Å²) in [4.78, 5) is 21.9. The number of amides is 1. The molecule has 0 bridgehead atoms. The fourth-order valence-corrected chi connectivity index (χ4v) is 4.82. The van der Waals surface area contributed by atoms with Gasteiger partial charge in [0.25, 0.3) is 5.91 Å². The Morgan fingerprint density at radius 3 is 2.43 bits per heavy atom. The van der Waals surface area contributed by atoms with Gasteiger partial charge in [0.15, 0.2) is 5.13 Å². The standard InChI is InChI=1S/C26H24FN3O3S.ClH/c27-22-7-4-8-23-24(22)28-26(34-23)30(14-13-29-15-17-32-18-16-29)25(31)19-9-11-21(12-10-19)33-20-5-2-1-3-6-20;/h1-12H,13-18H2;1H. The van der Waals surface area contributed by atoms with Gasteiger partial charge in [0, 0.05) is 31.7 Å². The maximum atomic E-state index is 14.3. The third kappa shape index (κ3) is 5.97. The number of carbonyl (C=O) groups excluding carboxylic acids is 1. The van der Waals surface area contributed by atoms with E-state index >= 15 is 0 Å². The summed E-state index contributed by atoms with van der Waals surface area (Å²) in [6.45, 7) is 4.14. The highest BCUT2D eigenvalue weighted by atomic mass is 35.5. The zero-order chi connectivity index (χ0) is 23.3. The van der Waals surface area contributed by atoms with Gasteiger partial charge in [0.2, 0.25) is 0 Å². The summed E-state index contributed by atoms with van der Waals surface area (Å²) in [6.07, 6.45) is 0. The van der Waals surface area contributed by atoms with Gasteiger partial charge >= 0.3 is 0 Å². The number of benzene rings is 3. The number of hydrogen-bond acceptors (Lipinski definition) is 6. The van der Waals surface area contributed by atoms with Crippen molar-refractivity contribution in [3.63, 3.8) is 0 Å². The molecular weight excluding hydrogens is 489 g/mol. The number of morpholine rings is 1. The molecule has 35 heavy (non-hydrogen) atoms. The first-order valence-corrected chi connectivity index (χ1v) is 12.0. The number of aromatic nitrogens is 1. The predicted octanol–water partition coefficient (Wildman–Crippen LogP) is 5.63. The number of ether oxygens (including phenoxy) is 2. The molecule has 1 amide bonds. The van der Waals surface area contributed by atoms with Crippen LogP contribution in [0.15, 0.2) is 72.8 Å². The van der Waals surface area contributed by atoms with Gasteiger partial charge in [-0.15, -0.1) is 12.4 Å². The molecule has 1 aromatic heterocycles. The van der Waals surface area contributed by atoms with Crippen molar-refractivity contribution < 1.29 is 18.7 Å². The first-order valence-electron chi connectivity index (χ1n) is 11.2. The van der Waals surface area contributed by atoms with Crippen LogP contribution in [-0.2, 0) is 4.74 Å². The Kier molecular flexibility index (Phi) is 8.30. The van der Waals surface area contributed by atoms with Crippen molar-refractivity contribution in [2.45, 2.75) is 0 Å². The summed E-state index contributed by atoms with van der Waals surface area (Å²) < 4.78 is 26.3. The number of para-hydroxylation sites is 2. The molecule has 3 aromatic carbocycles. The Hall–Kier alpha value is -3.04. The second-order valence-corrected chi connectivity index (χ2v) is 8.94. The van der Waals surface area contributed by atoms with Crippen LogP contribution >= 0.6 is 23.7 Å². The van der Waals surface area contributed by atoms with E-state index in [1.807, 2.05) is 36.4 Å². The SMILES string of the molecule is Cl.O=C(c1ccc(Oc2ccccc2)cc1)N(CCN1CCOCC1)c1nc2c(F)cccc2s1. The number of anilines is 1. The summed E-state index contributed by atoms with van der Waals surface area (Å²) in [5.41, 5.74) is 0.806. The Morgan fingerprint density at radius 1 is 1.00 bits per heavy atom. The molecule has 0 radical (unpaired) electrons. The van der Waals surface area contributed by atoms with Crippen LogP contribution in [0.3, 0.4) is 0 Å². The minimum atomic E-state index is -0.386. The molecule has 9 heteroatoms. The van der Waals surface area contributed by atoms with E-state index in [0.29, 0.717) is 53.0 Å². The van der Waals surface area contributed by atoms with Gasteiger partial charge in [0.05, 0.1) is 17.9 Å². The zero-order valence-electron chi connectivity index (χ0n) is 18.9. The molecule has 1 aliphatic rings. The fourth-order valence-electron chi connectivity index (χ4n) is 3.81. The molecule has 1 fully saturated rings. The largest absolute Gasteiger partial charge is 0.457 e. The zero-order valence-corrected chi connectivity index (χ0v) is 20.6. The summed E-state index contributed by atoms with van der Waals surface area (Å²) >= 11 is 1.32. The molecule has 5 rings (SSSR count). The molecule has 0 aliphatic carbocycles. The van der Waals surface area contributed by atoms with E-state index in [-0.39, 0.29) is 24.1 Å². The average Bonchev–Trinajstić information content (AvgIpc) is 3.31. The highest BCUT2D eigenvalue weighted by Crippen LogP contribution is 2.31. The van der Waals surface area contributed by atoms with Crippen molar-refractivity contribution in [2.75, 3.05) is 44.3 Å². The maximum Gasteiger partial charge on any atom is 0.260 e. The molecule has 1 saturated heterocycles. The highest BCUT2D eigenvalue weighted by Gasteiger charge is 2.23. The van der Waals surface area contributed by atoms with E-state index in [1.54, 1.807) is 35.2 Å². The molecular formula is C26H25ClFN3O3S. The lowest BCUT2D eigenvalue weighted by Crippen LogP contribution is -2.43. The number of fused-ring (bicyclic) bond motifs is 1. The van der Waals surface area contributed by atoms with Crippen LogP contribution in [0, 0.1) is 5.82 Å². The Bertz CT molecular complexity index is 1260. The van der Waals surface area contributed by atoms with Gasteiger partial charge in [-0.2, -0.15) is 0 Å². The lowest BCUT2D eigenvalue weighted by molar-refractivity contribution is 0.0391. The Labute approximate surface area is 213 Å². The molecule has 0 spiro atoms. The summed E-state index contributed by atoms with van der Waals surface area (Å²) in [7, 11) is 0. The summed E-state index contributed by atoms with van der Waals surface area (Å²) in [5.74, 6) is 0.803. The van der Waals surface area contributed by atoms with Crippen LogP contribution in [0.5, 0.6) is 11.5 Å². The summed E-state index contributed by atoms with van der Waals surface area (Å²) in [5, 5.41) is 0.489. The molecule has 0 unspecified atom stereocenters. The molecule has 4 aromatic rings. The van der Waals surface area contributed by atoms with Crippen LogP contribution in [-0.4, -0.2) is 55.2 Å². The van der Waals surface area contributed by atoms with Gasteiger partial charge < -0.3 is 9.47 Å². The van der Waals surface area contributed by atoms with E-state index in [0.717, 1.165) is 18.8 Å². The minimum Gasteiger partial charge on any atom is -0.457 e. The number of nitrogens with zero attached hydrogens (tertiary/aromatic N) is 3. The van der Waals surface area contributed by atoms with Gasteiger partial charge in [-0.3, -0.25) is 14.6 Å². The highest BCUT2D eigenvalue weighted by molar-refractivity contribution is 7.22. The molecule has 0 atom stereocenters. The Balaban J connectivity index is 0.00000289. The third-order valence-electron chi connectivity index (χ3n) is 5.66. The van der Waals surface area contributed by atoms with Crippen molar-refractivity contribution in [1.29, 1.82) is 0 Å². The van der Waals surface area contributed by atoms with Crippen LogP contribution in [0.1, 0.15) is 10.4 Å². The quantitative estimate of drug-likeness (QED) is 0.320. The van der Waals surface area contributed by atoms with E-state index < -0.39 is 0 Å². The second kappa shape index (κ2) is 11.6. The van der Waals surface area contributed by atoms with Crippen molar-refractivity contribution in [3.8, 4) is 11.5 Å². The van der Waals surface area contributed by atoms with Gasteiger partial charge in [0.1, 0.15) is 22.8 Å². The van der Waals surface area contributed by atoms with Crippen molar-refractivity contribution in [2.24, 2.45) is 0 Å². The predicted molar refractivity (Wildman–Crippen MR) is 139 cm³/mol. The lowest BCUT2D eigenvalue weighted by atomic mass is 10.2. The maximum absolute atomic E-state index is 14.3. The van der Waals surface area contributed by atoms with Crippen molar-refractivity contribution in [1.82, 2.24) is 9.88 Å². The number of halogens is 2. The minimum absolute atomic E-state index is 0. The van der Waals surface area contributed by atoms with Crippen LogP contribution in [0.25, 0.3) is 10.2 Å². The normalized spacial score (nSPS) is 13.9. The number of carbonyl (C=O) groups is 1. The second-order valence-electron chi connectivity index (χ2n) is 7.93. The van der Waals surface area contributed by atoms with Crippen LogP contribution < -0.4 is 9.64 Å². The first-order chi connectivity index (χ1) is 16.7. The molecule has 6 nitrogen and oxygen atoms in total. The molecule has 2 heterocycles. The van der Waals surface area contributed by atoms with Gasteiger partial charge in [-0.1, -0.05) is 35.6 Å². The van der Waals surface area contributed by atoms with E-state index in [1.165, 1.54) is 17.4 Å². The number of hydrogen-bond donors (Lipinski definition) is 0. The van der Waals surface area contributed by atoms with E-state index in [2.05, 4.69) is 9.88 Å².